The highest BCUT2D eigenvalue weighted by Gasteiger charge is 2.51. The maximum atomic E-state index is 13.4. The molecule has 0 aliphatic carbocycles. The summed E-state index contributed by atoms with van der Waals surface area (Å²) in [5.41, 5.74) is 0. The zero-order valence-corrected chi connectivity index (χ0v) is 65.3. The third kappa shape index (κ3) is 53.8. The van der Waals surface area contributed by atoms with Crippen LogP contribution in [0.1, 0.15) is 341 Å². The van der Waals surface area contributed by atoms with E-state index in [-0.39, 0.29) is 18.9 Å². The van der Waals surface area contributed by atoms with E-state index < -0.39 is 86.8 Å². The summed E-state index contributed by atoms with van der Waals surface area (Å²) in [6, 6.07) is -0.849. The molecule has 2 heterocycles. The first-order valence-corrected chi connectivity index (χ1v) is 42.3. The fourth-order valence-corrected chi connectivity index (χ4v) is 13.3. The molecule has 12 atom stereocenters. The highest BCUT2D eigenvalue weighted by molar-refractivity contribution is 5.76. The lowest BCUT2D eigenvalue weighted by Crippen LogP contribution is -2.65. The molecule has 2 aliphatic heterocycles. The predicted octanol–water partition coefficient (Wildman–Crippen LogP) is 20.0. The average molecular weight is 1450 g/mol. The summed E-state index contributed by atoms with van der Waals surface area (Å²) in [5, 5.41) is 88.0. The van der Waals surface area contributed by atoms with Crippen LogP contribution in [0.25, 0.3) is 0 Å². The Hall–Kier alpha value is -3.61. The molecule has 0 aromatic carbocycles. The number of nitrogens with one attached hydrogen (secondary N) is 1. The molecular weight excluding hydrogens is 1290 g/mol. The van der Waals surface area contributed by atoms with Crippen LogP contribution in [0.2, 0.25) is 0 Å². The van der Waals surface area contributed by atoms with Gasteiger partial charge in [-0.05, 0) is 89.9 Å². The average Bonchev–Trinajstić information content (AvgIpc) is 0.791. The van der Waals surface area contributed by atoms with E-state index in [1.54, 1.807) is 0 Å². The van der Waals surface area contributed by atoms with Gasteiger partial charge in [-0.15, -0.1) is 0 Å². The molecule has 103 heavy (non-hydrogen) atoms. The monoisotopic (exact) mass is 1450 g/mol. The first-order valence-electron chi connectivity index (χ1n) is 42.3. The number of rotatable bonds is 70. The van der Waals surface area contributed by atoms with Gasteiger partial charge in [0.15, 0.2) is 12.6 Å². The number of carbonyl (C=O) groups excluding carboxylic acids is 1. The third-order valence-electron chi connectivity index (χ3n) is 19.9. The SMILES string of the molecule is CC/C=C\C/C=C\C/C=C\C/C=C\C/C=C\C/C=C\C/C=C\C/C=C\C/C=C\C/C=C\CCCCCCCCC(=O)NC(COC1OC(CO)C(OC2OC(CO)C(O)C(O)C2O)C(O)C1O)C(O)CCCCCCCCCCCCCCCCCCCCCCCCCCCCCCCCCC. The van der Waals surface area contributed by atoms with E-state index in [1.807, 2.05) is 0 Å². The molecular formula is C89H155NO13. The van der Waals surface area contributed by atoms with Crippen molar-refractivity contribution >= 4 is 5.91 Å². The summed E-state index contributed by atoms with van der Waals surface area (Å²) < 4.78 is 23.0. The number of hydrogen-bond donors (Lipinski definition) is 9. The van der Waals surface area contributed by atoms with Crippen molar-refractivity contribution in [1.82, 2.24) is 5.32 Å². The molecule has 1 amide bonds. The Balaban J connectivity index is 1.62. The Labute approximate surface area is 628 Å². The van der Waals surface area contributed by atoms with Crippen molar-refractivity contribution in [3.8, 4) is 0 Å². The number of unbranched alkanes of at least 4 members (excludes halogenated alkanes) is 37. The molecule has 0 aromatic heterocycles. The van der Waals surface area contributed by atoms with Gasteiger partial charge in [0.25, 0.3) is 0 Å². The van der Waals surface area contributed by atoms with E-state index in [4.69, 9.17) is 18.9 Å². The summed E-state index contributed by atoms with van der Waals surface area (Å²) in [6.07, 6.45) is 88.1. The standard InChI is InChI=1S/C89H155NO13/c1-3-5-7-9-11-13-15-17-19-21-23-25-27-29-31-33-35-37-38-39-40-41-43-45-47-49-51-53-55-57-59-61-63-65-67-69-71-73-81(94)90-77(76-100-88-86(99)84(97)87(80(75-92)102-88)103-89-85(98)83(96)82(95)79(74-91)101-89)78(93)72-70-68-66-64-62-60-58-56-54-52-50-48-46-44-42-36-34-32-30-28-26-24-22-20-18-16-14-12-10-8-6-4-2/h5,7,11,13,17,19,23,25,29,31,35,37,39-40,43,45,49,51,55,57,77-80,82-89,91-93,95-99H,3-4,6,8-10,12,14-16,18,20-22,24,26-28,30,32-34,36,38,41-42,44,46-48,50,52-54,56,58-76H2,1-2H3,(H,90,94)/b7-5-,13-11-,19-17-,25-23-,31-29-,37-35-,40-39-,45-43-,51-49-,57-55-. The third-order valence-corrected chi connectivity index (χ3v) is 19.9. The molecule has 12 unspecified atom stereocenters. The normalized spacial score (nSPS) is 22.2. The molecule has 0 spiro atoms. The van der Waals surface area contributed by atoms with Crippen molar-refractivity contribution in [3.05, 3.63) is 122 Å². The van der Waals surface area contributed by atoms with Gasteiger partial charge in [0.1, 0.15) is 48.8 Å². The van der Waals surface area contributed by atoms with Crippen molar-refractivity contribution < 1.29 is 64.6 Å². The molecule has 2 aliphatic rings. The minimum atomic E-state index is -1.79. The van der Waals surface area contributed by atoms with Crippen molar-refractivity contribution in [2.75, 3.05) is 19.8 Å². The second-order valence-electron chi connectivity index (χ2n) is 29.2. The van der Waals surface area contributed by atoms with E-state index in [1.165, 1.54) is 180 Å². The lowest BCUT2D eigenvalue weighted by atomic mass is 9.97. The van der Waals surface area contributed by atoms with Crippen molar-refractivity contribution in [1.29, 1.82) is 0 Å². The molecule has 0 aromatic rings. The Morgan fingerprint density at radius 1 is 0.359 bits per heavy atom. The second kappa shape index (κ2) is 71.3. The van der Waals surface area contributed by atoms with Gasteiger partial charge in [0, 0.05) is 6.42 Å². The Kier molecular flexibility index (Phi) is 66.1. The van der Waals surface area contributed by atoms with Crippen molar-refractivity contribution in [3.63, 3.8) is 0 Å². The largest absolute Gasteiger partial charge is 0.394 e. The summed E-state index contributed by atoms with van der Waals surface area (Å²) in [7, 11) is 0. The zero-order valence-electron chi connectivity index (χ0n) is 65.3. The molecule has 2 saturated heterocycles. The fraction of sp³-hybridized carbons (Fsp3) is 0.764. The highest BCUT2D eigenvalue weighted by atomic mass is 16.7. The number of aliphatic hydroxyl groups excluding tert-OH is 8. The number of carbonyl (C=O) groups is 1. The Morgan fingerprint density at radius 3 is 1.03 bits per heavy atom. The van der Waals surface area contributed by atoms with E-state index in [0.717, 1.165) is 128 Å². The van der Waals surface area contributed by atoms with E-state index >= 15 is 0 Å². The molecule has 14 heteroatoms. The van der Waals surface area contributed by atoms with Gasteiger partial charge in [0.05, 0.1) is 32.0 Å². The lowest BCUT2D eigenvalue weighted by Gasteiger charge is -2.46. The van der Waals surface area contributed by atoms with Crippen LogP contribution in [0.5, 0.6) is 0 Å². The number of amides is 1. The molecule has 0 saturated carbocycles. The Bertz CT molecular complexity index is 2200. The van der Waals surface area contributed by atoms with Crippen LogP contribution in [-0.2, 0) is 23.7 Å². The van der Waals surface area contributed by atoms with Crippen LogP contribution < -0.4 is 5.32 Å². The first kappa shape index (κ1) is 95.5. The van der Waals surface area contributed by atoms with Gasteiger partial charge in [-0.1, -0.05) is 367 Å². The van der Waals surface area contributed by atoms with Crippen LogP contribution in [0, 0.1) is 0 Å². The number of aliphatic hydroxyl groups is 8. The number of allylic oxidation sites excluding steroid dienone is 20. The van der Waals surface area contributed by atoms with Gasteiger partial charge >= 0.3 is 0 Å². The second-order valence-corrected chi connectivity index (χ2v) is 29.2. The summed E-state index contributed by atoms with van der Waals surface area (Å²) in [6.45, 7) is 2.78. The molecule has 2 fully saturated rings. The van der Waals surface area contributed by atoms with Crippen LogP contribution in [0.15, 0.2) is 122 Å². The fourth-order valence-electron chi connectivity index (χ4n) is 13.3. The molecule has 2 rings (SSSR count). The molecule has 9 N–H and O–H groups in total. The minimum absolute atomic E-state index is 0.221. The number of ether oxygens (including phenoxy) is 4. The van der Waals surface area contributed by atoms with Crippen molar-refractivity contribution in [2.45, 2.75) is 415 Å². The van der Waals surface area contributed by atoms with Crippen LogP contribution in [0.3, 0.4) is 0 Å². The molecule has 14 nitrogen and oxygen atoms in total. The summed E-state index contributed by atoms with van der Waals surface area (Å²) in [4.78, 5) is 13.4. The van der Waals surface area contributed by atoms with Crippen LogP contribution >= 0.6 is 0 Å². The molecule has 594 valence electrons. The Morgan fingerprint density at radius 2 is 0.670 bits per heavy atom. The maximum absolute atomic E-state index is 13.4. The topological polar surface area (TPSA) is 228 Å². The maximum Gasteiger partial charge on any atom is 0.220 e. The van der Waals surface area contributed by atoms with Gasteiger partial charge in [-0.2, -0.15) is 0 Å². The van der Waals surface area contributed by atoms with Crippen LogP contribution in [0.4, 0.5) is 0 Å². The first-order chi connectivity index (χ1) is 50.6. The zero-order chi connectivity index (χ0) is 74.4. The van der Waals surface area contributed by atoms with Gasteiger partial charge in [-0.3, -0.25) is 4.79 Å². The van der Waals surface area contributed by atoms with E-state index in [9.17, 15) is 45.6 Å². The quantitative estimate of drug-likeness (QED) is 0.0204. The summed E-state index contributed by atoms with van der Waals surface area (Å²) >= 11 is 0. The summed E-state index contributed by atoms with van der Waals surface area (Å²) in [5.74, 6) is -0.221. The smallest absolute Gasteiger partial charge is 0.220 e. The van der Waals surface area contributed by atoms with Crippen LogP contribution in [-0.4, -0.2) is 140 Å². The van der Waals surface area contributed by atoms with E-state index in [0.29, 0.717) is 12.8 Å². The van der Waals surface area contributed by atoms with Gasteiger partial charge in [0.2, 0.25) is 5.91 Å². The molecule has 0 radical (unpaired) electrons. The van der Waals surface area contributed by atoms with Gasteiger partial charge in [-0.25, -0.2) is 0 Å². The molecule has 0 bridgehead atoms. The predicted molar refractivity (Wildman–Crippen MR) is 429 cm³/mol. The minimum Gasteiger partial charge on any atom is -0.394 e. The number of hydrogen-bond acceptors (Lipinski definition) is 13. The van der Waals surface area contributed by atoms with E-state index in [2.05, 4.69) is 141 Å². The van der Waals surface area contributed by atoms with Gasteiger partial charge < -0.3 is 65.1 Å². The lowest BCUT2D eigenvalue weighted by molar-refractivity contribution is -0.359. The highest BCUT2D eigenvalue weighted by Crippen LogP contribution is 2.30. The van der Waals surface area contributed by atoms with Crippen molar-refractivity contribution in [2.24, 2.45) is 0 Å².